The Labute approximate surface area is 125 Å². The summed E-state index contributed by atoms with van der Waals surface area (Å²) in [4.78, 5) is 14.1. The number of hydrogen-bond donors (Lipinski definition) is 1. The monoisotopic (exact) mass is 300 g/mol. The van der Waals surface area contributed by atoms with E-state index in [2.05, 4.69) is 31.2 Å². The summed E-state index contributed by atoms with van der Waals surface area (Å²) in [6, 6.07) is 0. The second-order valence-electron chi connectivity index (χ2n) is 6.08. The standard InChI is InChI=1S/C14H25ClN4O/c1-6-14(2,3)10-16-11-9-17-19(8-7-18(4)5)13(20)12(11)15/h9,16H,6-8,10H2,1-5H3. The number of likely N-dealkylation sites (N-methyl/N-ethyl adjacent to an activating group) is 1. The molecule has 0 amide bonds. The van der Waals surface area contributed by atoms with Gasteiger partial charge in [-0.05, 0) is 25.9 Å². The Morgan fingerprint density at radius 3 is 2.65 bits per heavy atom. The number of nitrogens with one attached hydrogen (secondary N) is 1. The molecule has 1 heterocycles. The molecule has 0 aliphatic rings. The van der Waals surface area contributed by atoms with Crippen LogP contribution in [0.2, 0.25) is 5.02 Å². The molecule has 20 heavy (non-hydrogen) atoms. The lowest BCUT2D eigenvalue weighted by Crippen LogP contribution is -2.30. The van der Waals surface area contributed by atoms with Gasteiger partial charge < -0.3 is 10.2 Å². The highest BCUT2D eigenvalue weighted by molar-refractivity contribution is 6.32. The molecule has 0 atom stereocenters. The predicted molar refractivity (Wildman–Crippen MR) is 84.6 cm³/mol. The van der Waals surface area contributed by atoms with Gasteiger partial charge in [0, 0.05) is 13.1 Å². The Morgan fingerprint density at radius 2 is 2.10 bits per heavy atom. The van der Waals surface area contributed by atoms with Crippen LogP contribution in [0.5, 0.6) is 0 Å². The summed E-state index contributed by atoms with van der Waals surface area (Å²) < 4.78 is 1.40. The van der Waals surface area contributed by atoms with E-state index < -0.39 is 0 Å². The van der Waals surface area contributed by atoms with E-state index in [1.807, 2.05) is 19.0 Å². The highest BCUT2D eigenvalue weighted by atomic mass is 35.5. The van der Waals surface area contributed by atoms with E-state index in [9.17, 15) is 4.79 Å². The average Bonchev–Trinajstić information content (AvgIpc) is 2.39. The van der Waals surface area contributed by atoms with Gasteiger partial charge in [-0.15, -0.1) is 0 Å². The zero-order valence-electron chi connectivity index (χ0n) is 13.0. The lowest BCUT2D eigenvalue weighted by Gasteiger charge is -2.23. The average molecular weight is 301 g/mol. The number of halogens is 1. The summed E-state index contributed by atoms with van der Waals surface area (Å²) in [5.74, 6) is 0. The predicted octanol–water partition coefficient (Wildman–Crippen LogP) is 2.31. The first kappa shape index (κ1) is 17.0. The normalized spacial score (nSPS) is 11.9. The minimum atomic E-state index is -0.243. The first-order valence-electron chi connectivity index (χ1n) is 6.91. The van der Waals surface area contributed by atoms with Gasteiger partial charge in [-0.1, -0.05) is 32.4 Å². The summed E-state index contributed by atoms with van der Waals surface area (Å²) in [5.41, 5.74) is 0.524. The maximum absolute atomic E-state index is 12.1. The summed E-state index contributed by atoms with van der Waals surface area (Å²) in [5, 5.41) is 7.60. The van der Waals surface area contributed by atoms with Crippen molar-refractivity contribution in [2.45, 2.75) is 33.7 Å². The molecule has 5 nitrogen and oxygen atoms in total. The van der Waals surface area contributed by atoms with Crippen molar-refractivity contribution in [2.75, 3.05) is 32.5 Å². The Kier molecular flexibility index (Phi) is 6.02. The number of aromatic nitrogens is 2. The molecular formula is C14H25ClN4O. The maximum Gasteiger partial charge on any atom is 0.287 e. The zero-order chi connectivity index (χ0) is 15.3. The van der Waals surface area contributed by atoms with Crippen LogP contribution >= 0.6 is 11.6 Å². The highest BCUT2D eigenvalue weighted by Crippen LogP contribution is 2.22. The van der Waals surface area contributed by atoms with Crippen molar-refractivity contribution in [1.82, 2.24) is 14.7 Å². The molecule has 1 aromatic heterocycles. The largest absolute Gasteiger partial charge is 0.382 e. The smallest absolute Gasteiger partial charge is 0.287 e. The molecular weight excluding hydrogens is 276 g/mol. The number of hydrogen-bond acceptors (Lipinski definition) is 4. The van der Waals surface area contributed by atoms with Crippen LogP contribution in [0.1, 0.15) is 27.2 Å². The summed E-state index contributed by atoms with van der Waals surface area (Å²) in [7, 11) is 3.91. The summed E-state index contributed by atoms with van der Waals surface area (Å²) in [6.45, 7) is 8.51. The van der Waals surface area contributed by atoms with Gasteiger partial charge in [-0.3, -0.25) is 4.79 Å². The quantitative estimate of drug-likeness (QED) is 0.839. The van der Waals surface area contributed by atoms with Crippen LogP contribution in [0.25, 0.3) is 0 Å². The number of anilines is 1. The zero-order valence-corrected chi connectivity index (χ0v) is 13.8. The lowest BCUT2D eigenvalue weighted by molar-refractivity contribution is 0.367. The van der Waals surface area contributed by atoms with E-state index in [1.54, 1.807) is 6.20 Å². The van der Waals surface area contributed by atoms with Crippen molar-refractivity contribution >= 4 is 17.3 Å². The third-order valence-corrected chi connectivity index (χ3v) is 3.82. The first-order valence-corrected chi connectivity index (χ1v) is 7.29. The van der Waals surface area contributed by atoms with E-state index in [0.717, 1.165) is 19.5 Å². The minimum Gasteiger partial charge on any atom is -0.382 e. The summed E-state index contributed by atoms with van der Waals surface area (Å²) >= 11 is 6.14. The molecule has 1 N–H and O–H groups in total. The third-order valence-electron chi connectivity index (χ3n) is 3.46. The molecule has 0 bridgehead atoms. The van der Waals surface area contributed by atoms with Crippen molar-refractivity contribution in [3.63, 3.8) is 0 Å². The van der Waals surface area contributed by atoms with E-state index >= 15 is 0 Å². The Balaban J connectivity index is 2.81. The Hall–Kier alpha value is -1.07. The Morgan fingerprint density at radius 1 is 1.45 bits per heavy atom. The van der Waals surface area contributed by atoms with Crippen LogP contribution in [0.15, 0.2) is 11.0 Å². The molecule has 0 saturated heterocycles. The van der Waals surface area contributed by atoms with E-state index in [0.29, 0.717) is 12.2 Å². The SMILES string of the molecule is CCC(C)(C)CNc1cnn(CCN(C)C)c(=O)c1Cl. The van der Waals surface area contributed by atoms with Gasteiger partial charge in [-0.2, -0.15) is 5.10 Å². The van der Waals surface area contributed by atoms with E-state index in [1.165, 1.54) is 4.68 Å². The molecule has 1 rings (SSSR count). The molecule has 6 heteroatoms. The van der Waals surface area contributed by atoms with Crippen LogP contribution < -0.4 is 10.9 Å². The van der Waals surface area contributed by atoms with Crippen LogP contribution in [0.3, 0.4) is 0 Å². The molecule has 0 spiro atoms. The molecule has 0 saturated carbocycles. The van der Waals surface area contributed by atoms with Crippen molar-refractivity contribution in [3.8, 4) is 0 Å². The number of rotatable bonds is 7. The van der Waals surface area contributed by atoms with Crippen molar-refractivity contribution in [1.29, 1.82) is 0 Å². The van der Waals surface area contributed by atoms with Gasteiger partial charge in [0.15, 0.2) is 0 Å². The van der Waals surface area contributed by atoms with Crippen molar-refractivity contribution < 1.29 is 0 Å². The fourth-order valence-electron chi connectivity index (χ4n) is 1.50. The topological polar surface area (TPSA) is 50.2 Å². The van der Waals surface area contributed by atoms with Crippen molar-refractivity contribution in [3.05, 3.63) is 21.6 Å². The van der Waals surface area contributed by atoms with Crippen LogP contribution in [0.4, 0.5) is 5.69 Å². The lowest BCUT2D eigenvalue weighted by atomic mass is 9.90. The van der Waals surface area contributed by atoms with Crippen LogP contribution in [-0.4, -0.2) is 41.9 Å². The third kappa shape index (κ3) is 4.80. The van der Waals surface area contributed by atoms with Crippen LogP contribution in [0, 0.1) is 5.41 Å². The highest BCUT2D eigenvalue weighted by Gasteiger charge is 2.16. The summed E-state index contributed by atoms with van der Waals surface area (Å²) in [6.07, 6.45) is 2.68. The van der Waals surface area contributed by atoms with Gasteiger partial charge in [0.25, 0.3) is 5.56 Å². The molecule has 0 radical (unpaired) electrons. The molecule has 114 valence electrons. The van der Waals surface area contributed by atoms with E-state index in [4.69, 9.17) is 11.6 Å². The molecule has 0 aliphatic carbocycles. The van der Waals surface area contributed by atoms with Gasteiger partial charge >= 0.3 is 0 Å². The van der Waals surface area contributed by atoms with E-state index in [-0.39, 0.29) is 16.0 Å². The molecule has 0 unspecified atom stereocenters. The minimum absolute atomic E-state index is 0.156. The second kappa shape index (κ2) is 7.09. The fourth-order valence-corrected chi connectivity index (χ4v) is 1.71. The van der Waals surface area contributed by atoms with Crippen molar-refractivity contribution in [2.24, 2.45) is 5.41 Å². The van der Waals surface area contributed by atoms with Gasteiger partial charge in [0.2, 0.25) is 0 Å². The maximum atomic E-state index is 12.1. The van der Waals surface area contributed by atoms with Gasteiger partial charge in [0.1, 0.15) is 5.02 Å². The molecule has 0 aliphatic heterocycles. The first-order chi connectivity index (χ1) is 9.26. The van der Waals surface area contributed by atoms with Crippen LogP contribution in [-0.2, 0) is 6.54 Å². The fraction of sp³-hybridized carbons (Fsp3) is 0.714. The molecule has 0 aromatic carbocycles. The molecule has 0 fully saturated rings. The Bertz CT molecular complexity index is 496. The number of nitrogens with zero attached hydrogens (tertiary/aromatic N) is 3. The van der Waals surface area contributed by atoms with Gasteiger partial charge in [0.05, 0.1) is 18.4 Å². The second-order valence-corrected chi connectivity index (χ2v) is 6.45. The van der Waals surface area contributed by atoms with Gasteiger partial charge in [-0.25, -0.2) is 4.68 Å². The molecule has 1 aromatic rings.